The second kappa shape index (κ2) is 5.51. The maximum absolute atomic E-state index is 13.8. The number of methoxy groups -OCH3 is 1. The highest BCUT2D eigenvalue weighted by molar-refractivity contribution is 5.86. The Balaban J connectivity index is 2.31. The van der Waals surface area contributed by atoms with E-state index < -0.39 is 18.0 Å². The molecule has 0 spiro atoms. The van der Waals surface area contributed by atoms with Crippen LogP contribution in [0, 0.1) is 5.82 Å². The summed E-state index contributed by atoms with van der Waals surface area (Å²) in [5.74, 6) is -0.474. The van der Waals surface area contributed by atoms with E-state index in [-0.39, 0.29) is 24.2 Å². The van der Waals surface area contributed by atoms with Crippen molar-refractivity contribution in [3.05, 3.63) is 18.3 Å². The standard InChI is InChI=1S/C12H15FN4O3/c1-20-12(5-18,6-19)2-3-17-4-8(13)9-10(14)15-7-16-11(9)17/h4-5,7,19H,2-3,6H2,1H3,(H2,14,15,16)/t12-/m1/s1. The summed E-state index contributed by atoms with van der Waals surface area (Å²) in [6.45, 7) is -0.212. The molecule has 2 aromatic heterocycles. The van der Waals surface area contributed by atoms with Crippen LogP contribution in [-0.4, -0.2) is 45.2 Å². The van der Waals surface area contributed by atoms with E-state index in [0.717, 1.165) is 0 Å². The molecule has 0 aliphatic heterocycles. The molecule has 3 N–H and O–H groups in total. The van der Waals surface area contributed by atoms with Crippen LogP contribution in [0.15, 0.2) is 12.5 Å². The number of nitrogens with zero attached hydrogens (tertiary/aromatic N) is 3. The number of halogens is 1. The third kappa shape index (κ3) is 2.35. The summed E-state index contributed by atoms with van der Waals surface area (Å²) in [7, 11) is 1.33. The summed E-state index contributed by atoms with van der Waals surface area (Å²) in [4.78, 5) is 18.7. The number of carbonyl (C=O) groups is 1. The van der Waals surface area contributed by atoms with Crippen molar-refractivity contribution in [3.8, 4) is 0 Å². The SMILES string of the molecule is CO[C@](C=O)(CO)CCn1cc(F)c2c(N)ncnc21. The summed E-state index contributed by atoms with van der Waals surface area (Å²) < 4.78 is 20.3. The van der Waals surface area contributed by atoms with Crippen molar-refractivity contribution in [2.24, 2.45) is 0 Å². The largest absolute Gasteiger partial charge is 0.393 e. The average Bonchev–Trinajstić information content (AvgIpc) is 2.79. The molecule has 0 bridgehead atoms. The number of rotatable bonds is 6. The average molecular weight is 282 g/mol. The van der Waals surface area contributed by atoms with Crippen molar-refractivity contribution in [2.75, 3.05) is 19.5 Å². The van der Waals surface area contributed by atoms with E-state index in [2.05, 4.69) is 9.97 Å². The third-order valence-corrected chi connectivity index (χ3v) is 3.30. The van der Waals surface area contributed by atoms with Gasteiger partial charge in [-0.25, -0.2) is 14.4 Å². The Bertz CT molecular complexity index is 624. The molecule has 1 atom stereocenters. The lowest BCUT2D eigenvalue weighted by molar-refractivity contribution is -0.134. The monoisotopic (exact) mass is 282 g/mol. The molecule has 2 heterocycles. The molecule has 0 amide bonds. The zero-order valence-electron chi connectivity index (χ0n) is 10.9. The van der Waals surface area contributed by atoms with Gasteiger partial charge in [0.15, 0.2) is 12.1 Å². The van der Waals surface area contributed by atoms with Crippen molar-refractivity contribution in [1.29, 1.82) is 0 Å². The van der Waals surface area contributed by atoms with Gasteiger partial charge < -0.3 is 24.9 Å². The van der Waals surface area contributed by atoms with E-state index in [4.69, 9.17) is 10.5 Å². The van der Waals surface area contributed by atoms with E-state index in [1.165, 1.54) is 24.2 Å². The van der Waals surface area contributed by atoms with Gasteiger partial charge in [0, 0.05) is 26.3 Å². The first-order valence-electron chi connectivity index (χ1n) is 5.94. The number of anilines is 1. The van der Waals surface area contributed by atoms with Crippen molar-refractivity contribution >= 4 is 23.1 Å². The Kier molecular flexibility index (Phi) is 3.96. The smallest absolute Gasteiger partial charge is 0.154 e. The Labute approximate surface area is 114 Å². The van der Waals surface area contributed by atoms with Gasteiger partial charge in [0.25, 0.3) is 0 Å². The first-order valence-corrected chi connectivity index (χ1v) is 5.94. The number of aldehydes is 1. The number of carbonyl (C=O) groups excluding carboxylic acids is 1. The van der Waals surface area contributed by atoms with E-state index in [1.807, 2.05) is 0 Å². The van der Waals surface area contributed by atoms with Crippen molar-refractivity contribution in [3.63, 3.8) is 0 Å². The van der Waals surface area contributed by atoms with Crippen molar-refractivity contribution < 1.29 is 19.0 Å². The summed E-state index contributed by atoms with van der Waals surface area (Å²) in [6.07, 6.45) is 3.19. The number of aliphatic hydroxyl groups is 1. The highest BCUT2D eigenvalue weighted by Crippen LogP contribution is 2.23. The Hall–Kier alpha value is -2.06. The van der Waals surface area contributed by atoms with Gasteiger partial charge in [-0.2, -0.15) is 0 Å². The van der Waals surface area contributed by atoms with Crippen molar-refractivity contribution in [1.82, 2.24) is 14.5 Å². The highest BCUT2D eigenvalue weighted by atomic mass is 19.1. The minimum atomic E-state index is -1.30. The predicted molar refractivity (Wildman–Crippen MR) is 69.4 cm³/mol. The third-order valence-electron chi connectivity index (χ3n) is 3.30. The van der Waals surface area contributed by atoms with Crippen LogP contribution < -0.4 is 5.73 Å². The molecule has 0 saturated carbocycles. The molecule has 7 nitrogen and oxygen atoms in total. The predicted octanol–water partition coefficient (Wildman–Crippen LogP) is 0.119. The Morgan fingerprint density at radius 2 is 2.35 bits per heavy atom. The Morgan fingerprint density at radius 1 is 1.60 bits per heavy atom. The fourth-order valence-corrected chi connectivity index (χ4v) is 1.97. The van der Waals surface area contributed by atoms with Gasteiger partial charge in [0.05, 0.1) is 12.0 Å². The molecule has 20 heavy (non-hydrogen) atoms. The number of fused-ring (bicyclic) bond motifs is 1. The quantitative estimate of drug-likeness (QED) is 0.729. The number of aryl methyl sites for hydroxylation is 1. The molecule has 0 aromatic carbocycles. The molecule has 0 saturated heterocycles. The van der Waals surface area contributed by atoms with Gasteiger partial charge in [-0.05, 0) is 0 Å². The van der Waals surface area contributed by atoms with Gasteiger partial charge in [-0.15, -0.1) is 0 Å². The lowest BCUT2D eigenvalue weighted by Crippen LogP contribution is -2.38. The molecule has 2 rings (SSSR count). The minimum Gasteiger partial charge on any atom is -0.393 e. The minimum absolute atomic E-state index is 0.0572. The molecule has 0 fully saturated rings. The molecule has 0 unspecified atom stereocenters. The second-order valence-corrected chi connectivity index (χ2v) is 4.42. The Morgan fingerprint density at radius 3 is 2.95 bits per heavy atom. The summed E-state index contributed by atoms with van der Waals surface area (Å²) in [6, 6.07) is 0. The number of ether oxygens (including phenoxy) is 1. The number of nitrogens with two attached hydrogens (primary N) is 1. The molecule has 0 aliphatic carbocycles. The van der Waals surface area contributed by atoms with Crippen LogP contribution in [0.5, 0.6) is 0 Å². The fraction of sp³-hybridized carbons (Fsp3) is 0.417. The molecule has 0 radical (unpaired) electrons. The number of hydrogen-bond acceptors (Lipinski definition) is 6. The van der Waals surface area contributed by atoms with Crippen LogP contribution in [0.1, 0.15) is 6.42 Å². The topological polar surface area (TPSA) is 103 Å². The van der Waals surface area contributed by atoms with Gasteiger partial charge in [-0.1, -0.05) is 0 Å². The van der Waals surface area contributed by atoms with Crippen LogP contribution in [0.2, 0.25) is 0 Å². The fourth-order valence-electron chi connectivity index (χ4n) is 1.97. The maximum Gasteiger partial charge on any atom is 0.154 e. The van der Waals surface area contributed by atoms with E-state index in [0.29, 0.717) is 11.9 Å². The molecule has 0 aliphatic rings. The number of hydrogen-bond donors (Lipinski definition) is 2. The molecule has 108 valence electrons. The number of aliphatic hydroxyl groups excluding tert-OH is 1. The molecule has 8 heteroatoms. The molecular weight excluding hydrogens is 267 g/mol. The van der Waals surface area contributed by atoms with E-state index >= 15 is 0 Å². The van der Waals surface area contributed by atoms with Gasteiger partial charge in [0.2, 0.25) is 0 Å². The number of nitrogen functional groups attached to an aromatic ring is 1. The molecule has 2 aromatic rings. The zero-order chi connectivity index (χ0) is 14.8. The van der Waals surface area contributed by atoms with Crippen molar-refractivity contribution in [2.45, 2.75) is 18.6 Å². The van der Waals surface area contributed by atoms with E-state index in [9.17, 15) is 14.3 Å². The summed E-state index contributed by atoms with van der Waals surface area (Å²) in [5, 5.41) is 9.38. The maximum atomic E-state index is 13.8. The van der Waals surface area contributed by atoms with Crippen LogP contribution in [0.3, 0.4) is 0 Å². The molecular formula is C12H15FN4O3. The number of aromatic nitrogens is 3. The van der Waals surface area contributed by atoms with Gasteiger partial charge in [-0.3, -0.25) is 0 Å². The second-order valence-electron chi connectivity index (χ2n) is 4.42. The van der Waals surface area contributed by atoms with Crippen LogP contribution in [-0.2, 0) is 16.1 Å². The first kappa shape index (κ1) is 14.4. The lowest BCUT2D eigenvalue weighted by Gasteiger charge is -2.24. The van der Waals surface area contributed by atoms with Crippen LogP contribution >= 0.6 is 0 Å². The lowest BCUT2D eigenvalue weighted by atomic mass is 10.0. The van der Waals surface area contributed by atoms with Gasteiger partial charge >= 0.3 is 0 Å². The van der Waals surface area contributed by atoms with Crippen LogP contribution in [0.25, 0.3) is 11.0 Å². The normalized spacial score (nSPS) is 14.3. The highest BCUT2D eigenvalue weighted by Gasteiger charge is 2.28. The van der Waals surface area contributed by atoms with E-state index in [1.54, 1.807) is 0 Å². The summed E-state index contributed by atoms with van der Waals surface area (Å²) >= 11 is 0. The van der Waals surface area contributed by atoms with Gasteiger partial charge in [0.1, 0.15) is 23.4 Å². The van der Waals surface area contributed by atoms with Crippen LogP contribution in [0.4, 0.5) is 10.2 Å². The zero-order valence-corrected chi connectivity index (χ0v) is 10.9. The first-order chi connectivity index (χ1) is 9.56. The summed E-state index contributed by atoms with van der Waals surface area (Å²) in [5.41, 5.74) is 4.64.